The summed E-state index contributed by atoms with van der Waals surface area (Å²) < 4.78 is 6.88. The van der Waals surface area contributed by atoms with Crippen molar-refractivity contribution in [3.05, 3.63) is 91.2 Å². The maximum atomic E-state index is 14.9. The van der Waals surface area contributed by atoms with Crippen LogP contribution in [0.1, 0.15) is 64.5 Å². The number of ether oxygens (including phenoxy) is 1. The molecule has 2 aromatic heterocycles. The molecule has 0 spiro atoms. The number of pyridine rings is 1. The first-order valence-electron chi connectivity index (χ1n) is 15.4. The molecule has 4 aromatic rings. The Hall–Kier alpha value is -3.79. The van der Waals surface area contributed by atoms with Crippen molar-refractivity contribution in [2.45, 2.75) is 47.0 Å². The zero-order chi connectivity index (χ0) is 32.2. The van der Waals surface area contributed by atoms with E-state index in [-0.39, 0.29) is 27.8 Å². The number of carbonyl (C=O) groups excluding carboxylic acids is 2. The first-order chi connectivity index (χ1) is 21.7. The molecule has 1 N–H and O–H groups in total. The van der Waals surface area contributed by atoms with Crippen LogP contribution in [0.25, 0.3) is 27.5 Å². The van der Waals surface area contributed by atoms with Crippen LogP contribution in [0.15, 0.2) is 53.3 Å². The van der Waals surface area contributed by atoms with Crippen LogP contribution in [-0.2, 0) is 24.0 Å². The highest BCUT2D eigenvalue weighted by Crippen LogP contribution is 2.36. The number of nitrogens with zero attached hydrogens (tertiary/aromatic N) is 3. The number of aryl methyl sites for hydroxylation is 2. The number of amides is 1. The van der Waals surface area contributed by atoms with Crippen LogP contribution < -0.4 is 10.9 Å². The van der Waals surface area contributed by atoms with Crippen molar-refractivity contribution in [1.29, 1.82) is 0 Å². The number of aromatic nitrogens is 2. The predicted octanol–water partition coefficient (Wildman–Crippen LogP) is 6.44. The van der Waals surface area contributed by atoms with Gasteiger partial charge in [-0.1, -0.05) is 69.6 Å². The average molecular weight is 647 g/mol. The molecule has 5 rings (SSSR count). The standard InChI is InChI=1S/C35H39ClN4O4S/c1-6-22-9-8-10-23(7-2)30(22)40-28(19-21(3)4)26(33(41)39-17-15-37-16-18-39)20-27(34(40)42)32-38-29(31(45-32)35(43)44-5)24-11-13-25(36)14-12-24/h8-14,20-21,37H,6-7,15-19H2,1-5H3. The van der Waals surface area contributed by atoms with E-state index < -0.39 is 5.97 Å². The van der Waals surface area contributed by atoms with Gasteiger partial charge in [0.15, 0.2) is 0 Å². The highest BCUT2D eigenvalue weighted by Gasteiger charge is 2.30. The van der Waals surface area contributed by atoms with Crippen molar-refractivity contribution in [2.24, 2.45) is 5.92 Å². The van der Waals surface area contributed by atoms with Crippen molar-refractivity contribution < 1.29 is 14.3 Å². The van der Waals surface area contributed by atoms with E-state index in [2.05, 4.69) is 33.0 Å². The molecule has 3 heterocycles. The molecular formula is C35H39ClN4O4S. The lowest BCUT2D eigenvalue weighted by atomic mass is 9.97. The fourth-order valence-corrected chi connectivity index (χ4v) is 6.97. The molecule has 0 saturated carbocycles. The Balaban J connectivity index is 1.86. The van der Waals surface area contributed by atoms with Gasteiger partial charge in [0.1, 0.15) is 9.88 Å². The van der Waals surface area contributed by atoms with Gasteiger partial charge in [0.25, 0.3) is 11.5 Å². The highest BCUT2D eigenvalue weighted by molar-refractivity contribution is 7.17. The minimum atomic E-state index is -0.554. The van der Waals surface area contributed by atoms with Gasteiger partial charge in [0, 0.05) is 42.5 Å². The molecule has 0 aliphatic carbocycles. The molecule has 1 aliphatic rings. The number of rotatable bonds is 9. The van der Waals surface area contributed by atoms with E-state index in [9.17, 15) is 14.4 Å². The molecule has 8 nitrogen and oxygen atoms in total. The Morgan fingerprint density at radius 1 is 1.04 bits per heavy atom. The Kier molecular flexibility index (Phi) is 10.2. The van der Waals surface area contributed by atoms with E-state index in [4.69, 9.17) is 21.3 Å². The van der Waals surface area contributed by atoms with Crippen molar-refractivity contribution >= 4 is 34.8 Å². The lowest BCUT2D eigenvalue weighted by molar-refractivity contribution is 0.0606. The molecule has 0 bridgehead atoms. The van der Waals surface area contributed by atoms with E-state index in [0.29, 0.717) is 78.0 Å². The quantitative estimate of drug-likeness (QED) is 0.211. The molecule has 1 fully saturated rings. The minimum absolute atomic E-state index is 0.114. The van der Waals surface area contributed by atoms with Gasteiger partial charge in [-0.25, -0.2) is 9.78 Å². The minimum Gasteiger partial charge on any atom is -0.465 e. The van der Waals surface area contributed by atoms with Gasteiger partial charge in [0.2, 0.25) is 0 Å². The summed E-state index contributed by atoms with van der Waals surface area (Å²) in [5.41, 5.74) is 5.11. The fourth-order valence-electron chi connectivity index (χ4n) is 5.83. The lowest BCUT2D eigenvalue weighted by Gasteiger charge is -2.30. The van der Waals surface area contributed by atoms with Crippen LogP contribution in [0.4, 0.5) is 0 Å². The molecule has 236 valence electrons. The molecular weight excluding hydrogens is 608 g/mol. The summed E-state index contributed by atoms with van der Waals surface area (Å²) in [6.45, 7) is 10.9. The van der Waals surface area contributed by atoms with E-state index in [1.54, 1.807) is 34.9 Å². The normalized spacial score (nSPS) is 13.4. The van der Waals surface area contributed by atoms with E-state index in [1.165, 1.54) is 7.11 Å². The molecule has 0 radical (unpaired) electrons. The summed E-state index contributed by atoms with van der Waals surface area (Å²) in [7, 11) is 1.32. The number of thiazole rings is 1. The molecule has 1 saturated heterocycles. The number of benzene rings is 2. The monoisotopic (exact) mass is 646 g/mol. The molecule has 10 heteroatoms. The van der Waals surface area contributed by atoms with Gasteiger partial charge in [-0.2, -0.15) is 0 Å². The number of methoxy groups -OCH3 is 1. The second-order valence-electron chi connectivity index (χ2n) is 11.5. The van der Waals surface area contributed by atoms with Crippen LogP contribution in [0.3, 0.4) is 0 Å². The number of para-hydroxylation sites is 1. The summed E-state index contributed by atoms with van der Waals surface area (Å²) in [4.78, 5) is 49.2. The molecule has 0 atom stereocenters. The van der Waals surface area contributed by atoms with Crippen LogP contribution >= 0.6 is 22.9 Å². The van der Waals surface area contributed by atoms with Crippen LogP contribution in [0, 0.1) is 5.92 Å². The number of nitrogens with one attached hydrogen (secondary N) is 1. The Bertz CT molecular complexity index is 1750. The fraction of sp³-hybridized carbons (Fsp3) is 0.371. The summed E-state index contributed by atoms with van der Waals surface area (Å²) in [5, 5.41) is 4.21. The zero-order valence-electron chi connectivity index (χ0n) is 26.4. The summed E-state index contributed by atoms with van der Waals surface area (Å²) in [5.74, 6) is -0.490. The smallest absolute Gasteiger partial charge is 0.350 e. The summed E-state index contributed by atoms with van der Waals surface area (Å²) in [6, 6.07) is 14.8. The van der Waals surface area contributed by atoms with Crippen molar-refractivity contribution in [3.63, 3.8) is 0 Å². The third-order valence-electron chi connectivity index (χ3n) is 8.07. The Morgan fingerprint density at radius 2 is 1.69 bits per heavy atom. The molecule has 1 amide bonds. The number of esters is 1. The van der Waals surface area contributed by atoms with Crippen molar-refractivity contribution in [1.82, 2.24) is 19.8 Å². The summed E-state index contributed by atoms with van der Waals surface area (Å²) >= 11 is 7.24. The van der Waals surface area contributed by atoms with Crippen LogP contribution in [-0.4, -0.2) is 59.6 Å². The first-order valence-corrected chi connectivity index (χ1v) is 16.6. The van der Waals surface area contributed by atoms with Gasteiger partial charge in [-0.15, -0.1) is 11.3 Å². The Labute approximate surface area is 273 Å². The van der Waals surface area contributed by atoms with Gasteiger partial charge < -0.3 is 15.0 Å². The Morgan fingerprint density at radius 3 is 2.27 bits per heavy atom. The number of halogens is 1. The van der Waals surface area contributed by atoms with Gasteiger partial charge in [-0.3, -0.25) is 14.2 Å². The van der Waals surface area contributed by atoms with Gasteiger partial charge in [0.05, 0.1) is 29.6 Å². The van der Waals surface area contributed by atoms with Crippen molar-refractivity contribution in [2.75, 3.05) is 33.3 Å². The molecule has 2 aromatic carbocycles. The predicted molar refractivity (Wildman–Crippen MR) is 181 cm³/mol. The van der Waals surface area contributed by atoms with Gasteiger partial charge in [-0.05, 0) is 54.5 Å². The number of hydrogen-bond acceptors (Lipinski definition) is 7. The number of hydrogen-bond donors (Lipinski definition) is 1. The average Bonchev–Trinajstić information content (AvgIpc) is 3.50. The second-order valence-corrected chi connectivity index (χ2v) is 13.0. The second kappa shape index (κ2) is 14.1. The summed E-state index contributed by atoms with van der Waals surface area (Å²) in [6.07, 6.45) is 1.96. The molecule has 1 aliphatic heterocycles. The van der Waals surface area contributed by atoms with E-state index in [1.807, 2.05) is 23.1 Å². The maximum Gasteiger partial charge on any atom is 0.350 e. The van der Waals surface area contributed by atoms with E-state index >= 15 is 0 Å². The van der Waals surface area contributed by atoms with Gasteiger partial charge >= 0.3 is 5.97 Å². The first kappa shape index (κ1) is 32.6. The number of piperazine rings is 1. The zero-order valence-corrected chi connectivity index (χ0v) is 28.0. The van der Waals surface area contributed by atoms with E-state index in [0.717, 1.165) is 28.2 Å². The molecule has 45 heavy (non-hydrogen) atoms. The highest BCUT2D eigenvalue weighted by atomic mass is 35.5. The topological polar surface area (TPSA) is 93.5 Å². The van der Waals surface area contributed by atoms with Crippen LogP contribution in [0.2, 0.25) is 5.02 Å². The number of carbonyl (C=O) groups is 2. The third kappa shape index (κ3) is 6.61. The SMILES string of the molecule is CCc1cccc(CC)c1-n1c(CC(C)C)c(C(=O)N2CCNCC2)cc(-c2nc(-c3ccc(Cl)cc3)c(C(=O)OC)s2)c1=O. The van der Waals surface area contributed by atoms with Crippen LogP contribution in [0.5, 0.6) is 0 Å². The molecule has 0 unspecified atom stereocenters. The van der Waals surface area contributed by atoms with Crippen molar-refractivity contribution in [3.8, 4) is 27.5 Å². The largest absolute Gasteiger partial charge is 0.465 e. The maximum absolute atomic E-state index is 14.9. The lowest BCUT2D eigenvalue weighted by Crippen LogP contribution is -2.47. The third-order valence-corrected chi connectivity index (χ3v) is 9.39.